The zero-order chi connectivity index (χ0) is 32.9. The fourth-order valence-corrected chi connectivity index (χ4v) is 11.6. The van der Waals surface area contributed by atoms with Gasteiger partial charge in [0.1, 0.15) is 17.4 Å². The molecule has 1 aromatic heterocycles. The van der Waals surface area contributed by atoms with Crippen molar-refractivity contribution in [2.75, 3.05) is 6.61 Å². The van der Waals surface area contributed by atoms with Crippen LogP contribution in [0.1, 0.15) is 129 Å². The maximum absolute atomic E-state index is 13.0. The second-order valence-electron chi connectivity index (χ2n) is 17.1. The van der Waals surface area contributed by atoms with Gasteiger partial charge < -0.3 is 13.9 Å². The molecule has 47 heavy (non-hydrogen) atoms. The lowest BCUT2D eigenvalue weighted by Gasteiger charge is -2.58. The van der Waals surface area contributed by atoms with Gasteiger partial charge in [0.25, 0.3) is 0 Å². The molecule has 3 fully saturated rings. The highest BCUT2D eigenvalue weighted by molar-refractivity contribution is 5.83. The zero-order valence-corrected chi connectivity index (χ0v) is 29.7. The summed E-state index contributed by atoms with van der Waals surface area (Å²) in [5.41, 5.74) is 4.49. The molecule has 7 rings (SSSR count). The number of hydrogen-bond acceptors (Lipinski definition) is 5. The van der Waals surface area contributed by atoms with Crippen LogP contribution in [0.15, 0.2) is 39.1 Å². The van der Waals surface area contributed by atoms with Crippen molar-refractivity contribution in [1.29, 1.82) is 0 Å². The Hall–Kier alpha value is -2.56. The van der Waals surface area contributed by atoms with Crippen molar-refractivity contribution in [3.05, 3.63) is 51.4 Å². The number of aryl methyl sites for hydroxylation is 1. The van der Waals surface area contributed by atoms with Gasteiger partial charge >= 0.3 is 11.6 Å². The lowest BCUT2D eigenvalue weighted by molar-refractivity contribution is -0.153. The van der Waals surface area contributed by atoms with E-state index in [4.69, 9.17) is 13.9 Å². The standard InChI is InChI=1S/C42H58O5/c1-26(2)9-8-10-27(3)35-17-18-36-34-15-13-28-23-30(19-21-41(28,4)37(34)20-22-42(35,36)5)46-39(43)25-45-29-14-16-32-31-11-6-7-12-33(31)40(44)47-38(32)24-29/h13-14,16,24,26-27,30,34-37H,6-12,15,17-23,25H2,1-5H3/t27-,30+,34-,35+,36-,37-,41+,42+/m1/s1. The summed E-state index contributed by atoms with van der Waals surface area (Å²) in [6, 6.07) is 5.57. The molecule has 5 aliphatic carbocycles. The van der Waals surface area contributed by atoms with Crippen molar-refractivity contribution < 1.29 is 18.7 Å². The number of benzene rings is 1. The number of carbonyl (C=O) groups is 1. The van der Waals surface area contributed by atoms with E-state index in [1.165, 1.54) is 56.9 Å². The lowest BCUT2D eigenvalue weighted by atomic mass is 9.47. The molecule has 0 spiro atoms. The van der Waals surface area contributed by atoms with Crippen molar-refractivity contribution in [2.24, 2.45) is 46.3 Å². The quantitative estimate of drug-likeness (QED) is 0.155. The second-order valence-corrected chi connectivity index (χ2v) is 17.1. The molecule has 1 heterocycles. The summed E-state index contributed by atoms with van der Waals surface area (Å²) in [7, 11) is 0. The third kappa shape index (κ3) is 6.12. The van der Waals surface area contributed by atoms with Crippen LogP contribution in [0.2, 0.25) is 0 Å². The first-order valence-electron chi connectivity index (χ1n) is 19.2. The topological polar surface area (TPSA) is 65.7 Å². The normalized spacial score (nSPS) is 33.7. The first kappa shape index (κ1) is 33.0. The fraction of sp³-hybridized carbons (Fsp3) is 0.714. The summed E-state index contributed by atoms with van der Waals surface area (Å²) >= 11 is 0. The molecule has 2 aromatic rings. The molecule has 3 saturated carbocycles. The maximum Gasteiger partial charge on any atom is 0.344 e. The summed E-state index contributed by atoms with van der Waals surface area (Å²) in [5.74, 6) is 5.15. The van der Waals surface area contributed by atoms with Crippen molar-refractivity contribution in [3.63, 3.8) is 0 Å². The van der Waals surface area contributed by atoms with E-state index in [2.05, 4.69) is 40.7 Å². The van der Waals surface area contributed by atoms with Gasteiger partial charge in [0, 0.05) is 23.4 Å². The Balaban J connectivity index is 0.953. The van der Waals surface area contributed by atoms with E-state index >= 15 is 0 Å². The number of fused-ring (bicyclic) bond motifs is 8. The largest absolute Gasteiger partial charge is 0.482 e. The van der Waals surface area contributed by atoms with Gasteiger partial charge in [0.2, 0.25) is 0 Å². The minimum absolute atomic E-state index is 0.0838. The van der Waals surface area contributed by atoms with Crippen LogP contribution in [-0.4, -0.2) is 18.7 Å². The third-order valence-corrected chi connectivity index (χ3v) is 14.1. The average Bonchev–Trinajstić information content (AvgIpc) is 3.41. The summed E-state index contributed by atoms with van der Waals surface area (Å²) in [6.45, 7) is 12.3. The van der Waals surface area contributed by atoms with Crippen molar-refractivity contribution >= 4 is 16.9 Å². The monoisotopic (exact) mass is 642 g/mol. The SMILES string of the molecule is CC(C)CCC[C@@H](C)[C@@H]1CC[C@@H]2[C@H]3CC=C4C[C@@H](OC(=O)COc5ccc6c7c(c(=O)oc6c5)CCCC7)CC[C@]4(C)[C@@H]3CC[C@]21C. The Morgan fingerprint density at radius 3 is 2.60 bits per heavy atom. The third-order valence-electron chi connectivity index (χ3n) is 14.1. The minimum atomic E-state index is -0.326. The van der Waals surface area contributed by atoms with Crippen LogP contribution in [0.3, 0.4) is 0 Å². The van der Waals surface area contributed by atoms with Gasteiger partial charge in [-0.2, -0.15) is 0 Å². The molecule has 0 unspecified atom stereocenters. The molecule has 5 aliphatic rings. The molecule has 0 radical (unpaired) electrons. The van der Waals surface area contributed by atoms with Crippen molar-refractivity contribution in [1.82, 2.24) is 0 Å². The van der Waals surface area contributed by atoms with Crippen LogP contribution >= 0.6 is 0 Å². The molecule has 0 bridgehead atoms. The average molecular weight is 643 g/mol. The van der Waals surface area contributed by atoms with Crippen LogP contribution in [0, 0.1) is 46.3 Å². The van der Waals surface area contributed by atoms with Crippen LogP contribution in [0.25, 0.3) is 11.0 Å². The highest BCUT2D eigenvalue weighted by Crippen LogP contribution is 2.67. The van der Waals surface area contributed by atoms with Gasteiger partial charge in [-0.05, 0) is 135 Å². The molecule has 0 saturated heterocycles. The molecule has 0 amide bonds. The highest BCUT2D eigenvalue weighted by Gasteiger charge is 2.59. The zero-order valence-electron chi connectivity index (χ0n) is 29.7. The van der Waals surface area contributed by atoms with Gasteiger partial charge in [0.05, 0.1) is 0 Å². The first-order chi connectivity index (χ1) is 22.6. The van der Waals surface area contributed by atoms with E-state index in [-0.39, 0.29) is 29.7 Å². The Labute approximate surface area is 282 Å². The molecule has 5 heteroatoms. The molecule has 1 aromatic carbocycles. The van der Waals surface area contributed by atoms with Crippen LogP contribution in [0.4, 0.5) is 0 Å². The first-order valence-corrected chi connectivity index (χ1v) is 19.2. The predicted molar refractivity (Wildman–Crippen MR) is 188 cm³/mol. The van der Waals surface area contributed by atoms with E-state index in [0.29, 0.717) is 16.7 Å². The van der Waals surface area contributed by atoms with Gasteiger partial charge in [-0.15, -0.1) is 0 Å². The Morgan fingerprint density at radius 1 is 0.979 bits per heavy atom. The Kier molecular flexibility index (Phi) is 9.15. The highest BCUT2D eigenvalue weighted by atomic mass is 16.6. The minimum Gasteiger partial charge on any atom is -0.482 e. The molecule has 8 atom stereocenters. The maximum atomic E-state index is 13.0. The van der Waals surface area contributed by atoms with Crippen molar-refractivity contribution in [2.45, 2.75) is 137 Å². The number of hydrogen-bond donors (Lipinski definition) is 0. The van der Waals surface area contributed by atoms with E-state index in [9.17, 15) is 9.59 Å². The molecule has 0 N–H and O–H groups in total. The number of ether oxygens (including phenoxy) is 2. The lowest BCUT2D eigenvalue weighted by Crippen LogP contribution is -2.51. The molecule has 256 valence electrons. The Bertz CT molecular complexity index is 1570. The van der Waals surface area contributed by atoms with Gasteiger partial charge in [0.15, 0.2) is 6.61 Å². The summed E-state index contributed by atoms with van der Waals surface area (Å²) in [6.07, 6.45) is 20.1. The van der Waals surface area contributed by atoms with E-state index in [1.807, 2.05) is 12.1 Å². The number of rotatable bonds is 9. The van der Waals surface area contributed by atoms with E-state index < -0.39 is 0 Å². The summed E-state index contributed by atoms with van der Waals surface area (Å²) in [5, 5.41) is 0.976. The summed E-state index contributed by atoms with van der Waals surface area (Å²) in [4.78, 5) is 25.5. The van der Waals surface area contributed by atoms with Gasteiger partial charge in [-0.25, -0.2) is 9.59 Å². The van der Waals surface area contributed by atoms with Gasteiger partial charge in [-0.1, -0.05) is 65.5 Å². The van der Waals surface area contributed by atoms with E-state index in [0.717, 1.165) is 97.0 Å². The second kappa shape index (κ2) is 13.0. The molecular formula is C42H58O5. The number of allylic oxidation sites excluding steroid dienone is 1. The van der Waals surface area contributed by atoms with Crippen molar-refractivity contribution in [3.8, 4) is 5.75 Å². The Morgan fingerprint density at radius 2 is 1.79 bits per heavy atom. The van der Waals surface area contributed by atoms with E-state index in [1.54, 1.807) is 6.07 Å². The molecule has 0 aliphatic heterocycles. The number of esters is 1. The number of carbonyl (C=O) groups excluding carboxylic acids is 1. The predicted octanol–water partition coefficient (Wildman–Crippen LogP) is 10.0. The van der Waals surface area contributed by atoms with Crippen LogP contribution < -0.4 is 10.4 Å². The fourth-order valence-electron chi connectivity index (χ4n) is 11.6. The van der Waals surface area contributed by atoms with Crippen LogP contribution in [-0.2, 0) is 22.4 Å². The summed E-state index contributed by atoms with van der Waals surface area (Å²) < 4.78 is 17.5. The van der Waals surface area contributed by atoms with Crippen LogP contribution in [0.5, 0.6) is 5.75 Å². The van der Waals surface area contributed by atoms with Gasteiger partial charge in [-0.3, -0.25) is 0 Å². The molecule has 5 nitrogen and oxygen atoms in total. The molecular weight excluding hydrogens is 584 g/mol. The smallest absolute Gasteiger partial charge is 0.344 e.